The summed E-state index contributed by atoms with van der Waals surface area (Å²) in [5.41, 5.74) is 1.16. The topological polar surface area (TPSA) is 66.8 Å². The van der Waals surface area contributed by atoms with Crippen molar-refractivity contribution in [2.45, 2.75) is 5.92 Å². The molecule has 1 heterocycles. The lowest BCUT2D eigenvalue weighted by atomic mass is 9.89. The van der Waals surface area contributed by atoms with E-state index in [1.54, 1.807) is 0 Å². The molecule has 2 aromatic carbocycles. The molecule has 6 heteroatoms. The van der Waals surface area contributed by atoms with E-state index in [1.807, 2.05) is 30.3 Å². The lowest BCUT2D eigenvalue weighted by molar-refractivity contribution is -0.141. The summed E-state index contributed by atoms with van der Waals surface area (Å²) in [6.45, 7) is 0.424. The maximum Gasteiger partial charge on any atom is 0.308 e. The highest BCUT2D eigenvalue weighted by Crippen LogP contribution is 2.34. The molecule has 1 aliphatic rings. The van der Waals surface area contributed by atoms with Gasteiger partial charge >= 0.3 is 5.97 Å². The zero-order valence-electron chi connectivity index (χ0n) is 13.7. The number of benzene rings is 2. The van der Waals surface area contributed by atoms with Gasteiger partial charge in [-0.15, -0.1) is 0 Å². The number of nitrogens with zero attached hydrogens (tertiary/aromatic N) is 1. The van der Waals surface area contributed by atoms with Crippen LogP contribution < -0.4 is 4.74 Å². The Kier molecular flexibility index (Phi) is 4.70. The first-order valence-corrected chi connectivity index (χ1v) is 7.92. The maximum atomic E-state index is 13.5. The van der Waals surface area contributed by atoms with Gasteiger partial charge < -0.3 is 14.7 Å². The highest BCUT2D eigenvalue weighted by molar-refractivity contribution is 5.95. The van der Waals surface area contributed by atoms with E-state index in [2.05, 4.69) is 0 Å². The second-order valence-corrected chi connectivity index (χ2v) is 6.02. The van der Waals surface area contributed by atoms with Crippen LogP contribution in [0.25, 0.3) is 0 Å². The monoisotopic (exact) mass is 343 g/mol. The first kappa shape index (κ1) is 17.0. The third-order valence-corrected chi connectivity index (χ3v) is 4.55. The largest absolute Gasteiger partial charge is 0.494 e. The number of halogens is 1. The van der Waals surface area contributed by atoms with Gasteiger partial charge in [0.25, 0.3) is 5.91 Å². The molecule has 0 saturated carbocycles. The highest BCUT2D eigenvalue weighted by Gasteiger charge is 2.40. The number of carbonyl (C=O) groups excluding carboxylic acids is 1. The molecule has 1 saturated heterocycles. The second-order valence-electron chi connectivity index (χ2n) is 6.02. The van der Waals surface area contributed by atoms with Crippen molar-refractivity contribution >= 4 is 11.9 Å². The normalized spacial score (nSPS) is 19.7. The van der Waals surface area contributed by atoms with Gasteiger partial charge in [-0.2, -0.15) is 0 Å². The van der Waals surface area contributed by atoms with Gasteiger partial charge in [0.05, 0.1) is 13.0 Å². The molecule has 2 unspecified atom stereocenters. The van der Waals surface area contributed by atoms with Crippen LogP contribution in [-0.2, 0) is 4.79 Å². The van der Waals surface area contributed by atoms with E-state index in [9.17, 15) is 19.1 Å². The van der Waals surface area contributed by atoms with Crippen LogP contribution in [0, 0.1) is 11.7 Å². The molecule has 0 bridgehead atoms. The number of carbonyl (C=O) groups is 2. The van der Waals surface area contributed by atoms with Crippen molar-refractivity contribution in [1.29, 1.82) is 0 Å². The summed E-state index contributed by atoms with van der Waals surface area (Å²) in [7, 11) is 1.33. The molecule has 0 radical (unpaired) electrons. The summed E-state index contributed by atoms with van der Waals surface area (Å²) in [6, 6.07) is 13.2. The fourth-order valence-corrected chi connectivity index (χ4v) is 3.23. The van der Waals surface area contributed by atoms with E-state index >= 15 is 0 Å². The third kappa shape index (κ3) is 3.33. The second kappa shape index (κ2) is 6.93. The van der Waals surface area contributed by atoms with Crippen LogP contribution in [0.15, 0.2) is 48.5 Å². The molecule has 1 N–H and O–H groups in total. The van der Waals surface area contributed by atoms with E-state index in [1.165, 1.54) is 30.2 Å². The molecular formula is C19H18FNO4. The standard InChI is InChI=1S/C19H18FNO4/c1-25-17-9-13(7-8-16(17)20)18(22)21-10-14(15(11-21)19(23)24)12-5-3-2-4-6-12/h2-9,14-15H,10-11H2,1H3,(H,23,24). The SMILES string of the molecule is COc1cc(C(=O)N2CC(C(=O)O)C(c3ccccc3)C2)ccc1F. The Morgan fingerprint density at radius 3 is 2.52 bits per heavy atom. The molecule has 1 amide bonds. The number of hydrogen-bond donors (Lipinski definition) is 1. The summed E-state index contributed by atoms with van der Waals surface area (Å²) in [5.74, 6) is -2.77. The Labute approximate surface area is 144 Å². The van der Waals surface area contributed by atoms with Crippen LogP contribution in [-0.4, -0.2) is 42.1 Å². The van der Waals surface area contributed by atoms with Crippen molar-refractivity contribution in [3.63, 3.8) is 0 Å². The smallest absolute Gasteiger partial charge is 0.308 e. The summed E-state index contributed by atoms with van der Waals surface area (Å²) in [6.07, 6.45) is 0. The molecule has 5 nitrogen and oxygen atoms in total. The van der Waals surface area contributed by atoms with E-state index < -0.39 is 17.7 Å². The van der Waals surface area contributed by atoms with Crippen LogP contribution in [0.3, 0.4) is 0 Å². The Morgan fingerprint density at radius 1 is 1.16 bits per heavy atom. The maximum absolute atomic E-state index is 13.5. The number of carboxylic acid groups (broad SMARTS) is 1. The quantitative estimate of drug-likeness (QED) is 0.927. The average molecular weight is 343 g/mol. The predicted octanol–water partition coefficient (Wildman–Crippen LogP) is 2.77. The Hall–Kier alpha value is -2.89. The number of rotatable bonds is 4. The van der Waals surface area contributed by atoms with Crippen molar-refractivity contribution in [1.82, 2.24) is 4.90 Å². The summed E-state index contributed by atoms with van der Waals surface area (Å²) < 4.78 is 18.4. The molecule has 0 aliphatic carbocycles. The van der Waals surface area contributed by atoms with Gasteiger partial charge in [-0.1, -0.05) is 30.3 Å². The number of aliphatic carboxylic acids is 1. The molecule has 1 aliphatic heterocycles. The number of carboxylic acids is 1. The summed E-state index contributed by atoms with van der Waals surface area (Å²) in [4.78, 5) is 25.9. The lowest BCUT2D eigenvalue weighted by Crippen LogP contribution is -2.30. The van der Waals surface area contributed by atoms with Crippen LogP contribution in [0.2, 0.25) is 0 Å². The van der Waals surface area contributed by atoms with E-state index in [4.69, 9.17) is 4.74 Å². The molecule has 3 rings (SSSR count). The predicted molar refractivity (Wildman–Crippen MR) is 89.2 cm³/mol. The Morgan fingerprint density at radius 2 is 1.88 bits per heavy atom. The van der Waals surface area contributed by atoms with Gasteiger partial charge in [0.1, 0.15) is 0 Å². The number of amides is 1. The van der Waals surface area contributed by atoms with Crippen LogP contribution in [0.4, 0.5) is 4.39 Å². The molecule has 2 atom stereocenters. The van der Waals surface area contributed by atoms with Crippen molar-refractivity contribution < 1.29 is 23.8 Å². The highest BCUT2D eigenvalue weighted by atomic mass is 19.1. The van der Waals surface area contributed by atoms with E-state index in [-0.39, 0.29) is 29.7 Å². The van der Waals surface area contributed by atoms with Crippen LogP contribution in [0.5, 0.6) is 5.75 Å². The van der Waals surface area contributed by atoms with Crippen LogP contribution in [0.1, 0.15) is 21.8 Å². The average Bonchev–Trinajstić information content (AvgIpc) is 3.08. The van der Waals surface area contributed by atoms with Gasteiger partial charge in [-0.05, 0) is 23.8 Å². The van der Waals surface area contributed by atoms with Gasteiger partial charge in [-0.25, -0.2) is 4.39 Å². The van der Waals surface area contributed by atoms with Crippen LogP contribution >= 0.6 is 0 Å². The number of likely N-dealkylation sites (tertiary alicyclic amines) is 1. The molecule has 1 fully saturated rings. The minimum atomic E-state index is -0.930. The molecule has 130 valence electrons. The zero-order chi connectivity index (χ0) is 18.0. The number of methoxy groups -OCH3 is 1. The number of ether oxygens (including phenoxy) is 1. The fourth-order valence-electron chi connectivity index (χ4n) is 3.23. The first-order chi connectivity index (χ1) is 12.0. The minimum absolute atomic E-state index is 0.0144. The molecular weight excluding hydrogens is 325 g/mol. The van der Waals surface area contributed by atoms with E-state index in [0.717, 1.165) is 5.56 Å². The van der Waals surface area contributed by atoms with Gasteiger partial charge in [0.15, 0.2) is 11.6 Å². The van der Waals surface area contributed by atoms with E-state index in [0.29, 0.717) is 6.54 Å². The molecule has 25 heavy (non-hydrogen) atoms. The van der Waals surface area contributed by atoms with Gasteiger partial charge in [0.2, 0.25) is 0 Å². The van der Waals surface area contributed by atoms with Crippen molar-refractivity contribution in [2.24, 2.45) is 5.92 Å². The molecule has 0 spiro atoms. The lowest BCUT2D eigenvalue weighted by Gasteiger charge is -2.17. The summed E-state index contributed by atoms with van der Waals surface area (Å²) in [5, 5.41) is 9.53. The fraction of sp³-hybridized carbons (Fsp3) is 0.263. The van der Waals surface area contributed by atoms with Crippen molar-refractivity contribution in [3.8, 4) is 5.75 Å². The number of hydrogen-bond acceptors (Lipinski definition) is 3. The minimum Gasteiger partial charge on any atom is -0.494 e. The zero-order valence-corrected chi connectivity index (χ0v) is 13.7. The van der Waals surface area contributed by atoms with Crippen molar-refractivity contribution in [2.75, 3.05) is 20.2 Å². The van der Waals surface area contributed by atoms with Gasteiger partial charge in [0, 0.05) is 24.6 Å². The Balaban J connectivity index is 1.86. The van der Waals surface area contributed by atoms with Crippen molar-refractivity contribution in [3.05, 3.63) is 65.5 Å². The molecule has 2 aromatic rings. The van der Waals surface area contributed by atoms with Gasteiger partial charge in [-0.3, -0.25) is 9.59 Å². The summed E-state index contributed by atoms with van der Waals surface area (Å²) >= 11 is 0. The Bertz CT molecular complexity index is 793. The first-order valence-electron chi connectivity index (χ1n) is 7.92. The third-order valence-electron chi connectivity index (χ3n) is 4.55. The molecule has 0 aromatic heterocycles.